The van der Waals surface area contributed by atoms with E-state index < -0.39 is 13.9 Å². The molecule has 0 bridgehead atoms. The highest BCUT2D eigenvalue weighted by Gasteiger charge is 2.55. The molecule has 23 heavy (non-hydrogen) atoms. The third-order valence-corrected chi connectivity index (χ3v) is 5.62. The molecule has 0 aromatic rings. The maximum atomic E-state index is 12.4. The second-order valence-electron chi connectivity index (χ2n) is 7.88. The van der Waals surface area contributed by atoms with Gasteiger partial charge in [0, 0.05) is 13.0 Å². The second-order valence-corrected chi connectivity index (χ2v) is 12.3. The zero-order chi connectivity index (χ0) is 17.3. The Morgan fingerprint density at radius 3 is 2.09 bits per heavy atom. The lowest BCUT2D eigenvalue weighted by Gasteiger charge is -2.48. The molecule has 0 N–H and O–H groups in total. The van der Waals surface area contributed by atoms with Crippen molar-refractivity contribution in [2.75, 3.05) is 6.61 Å². The van der Waals surface area contributed by atoms with Gasteiger partial charge in [-0.25, -0.2) is 0 Å². The SMILES string of the molecule is CCCCCCCCCC(OCC)C1(O[Si](C)(C)C)CCC1=O. The van der Waals surface area contributed by atoms with Gasteiger partial charge in [-0.1, -0.05) is 51.9 Å². The molecule has 0 heterocycles. The average molecular weight is 343 g/mol. The van der Waals surface area contributed by atoms with Gasteiger partial charge in [0.2, 0.25) is 0 Å². The van der Waals surface area contributed by atoms with Crippen LogP contribution in [0.2, 0.25) is 19.6 Å². The fourth-order valence-electron chi connectivity index (χ4n) is 3.47. The summed E-state index contributed by atoms with van der Waals surface area (Å²) in [5, 5.41) is 0. The molecule has 1 aliphatic carbocycles. The molecular weight excluding hydrogens is 304 g/mol. The highest BCUT2D eigenvalue weighted by molar-refractivity contribution is 6.70. The van der Waals surface area contributed by atoms with Gasteiger partial charge in [-0.3, -0.25) is 4.79 Å². The summed E-state index contributed by atoms with van der Waals surface area (Å²) >= 11 is 0. The van der Waals surface area contributed by atoms with Crippen LogP contribution in [0.25, 0.3) is 0 Å². The minimum atomic E-state index is -1.77. The molecule has 4 heteroatoms. The van der Waals surface area contributed by atoms with Gasteiger partial charge in [0.15, 0.2) is 14.1 Å². The number of carbonyl (C=O) groups excluding carboxylic acids is 1. The molecule has 0 aromatic heterocycles. The number of unbranched alkanes of at least 4 members (excludes halogenated alkanes) is 6. The Kier molecular flexibility index (Phi) is 9.02. The van der Waals surface area contributed by atoms with Gasteiger partial charge in [0.1, 0.15) is 5.60 Å². The third kappa shape index (κ3) is 6.67. The molecule has 1 rings (SSSR count). The zero-order valence-corrected chi connectivity index (χ0v) is 17.1. The van der Waals surface area contributed by atoms with Crippen molar-refractivity contribution in [1.29, 1.82) is 0 Å². The van der Waals surface area contributed by atoms with Gasteiger partial charge in [0.25, 0.3) is 0 Å². The quantitative estimate of drug-likeness (QED) is 0.328. The van der Waals surface area contributed by atoms with E-state index in [1.165, 1.54) is 38.5 Å². The number of hydrogen-bond donors (Lipinski definition) is 0. The summed E-state index contributed by atoms with van der Waals surface area (Å²) in [4.78, 5) is 12.4. The van der Waals surface area contributed by atoms with E-state index in [2.05, 4.69) is 26.6 Å². The fourth-order valence-corrected chi connectivity index (χ4v) is 4.91. The van der Waals surface area contributed by atoms with Crippen molar-refractivity contribution in [2.24, 2.45) is 0 Å². The first-order valence-electron chi connectivity index (χ1n) is 9.70. The van der Waals surface area contributed by atoms with E-state index in [1.807, 2.05) is 6.92 Å². The first kappa shape index (κ1) is 20.9. The van der Waals surface area contributed by atoms with Crippen LogP contribution in [-0.4, -0.2) is 32.4 Å². The molecule has 136 valence electrons. The van der Waals surface area contributed by atoms with Gasteiger partial charge in [0.05, 0.1) is 6.10 Å². The fraction of sp³-hybridized carbons (Fsp3) is 0.947. The summed E-state index contributed by atoms with van der Waals surface area (Å²) in [7, 11) is -1.77. The van der Waals surface area contributed by atoms with Crippen LogP contribution in [0.15, 0.2) is 0 Å². The molecular formula is C19H38O3Si. The molecule has 1 saturated carbocycles. The molecule has 0 amide bonds. The molecule has 0 radical (unpaired) electrons. The van der Waals surface area contributed by atoms with Crippen molar-refractivity contribution in [3.05, 3.63) is 0 Å². The highest BCUT2D eigenvalue weighted by atomic mass is 28.4. The summed E-state index contributed by atoms with van der Waals surface area (Å²) in [6.45, 7) is 11.4. The smallest absolute Gasteiger partial charge is 0.185 e. The number of ether oxygens (including phenoxy) is 1. The maximum absolute atomic E-state index is 12.4. The van der Waals surface area contributed by atoms with E-state index in [9.17, 15) is 4.79 Å². The van der Waals surface area contributed by atoms with E-state index in [-0.39, 0.29) is 11.9 Å². The third-order valence-electron chi connectivity index (χ3n) is 4.64. The van der Waals surface area contributed by atoms with Gasteiger partial charge in [-0.15, -0.1) is 0 Å². The van der Waals surface area contributed by atoms with Crippen molar-refractivity contribution >= 4 is 14.1 Å². The molecule has 1 fully saturated rings. The van der Waals surface area contributed by atoms with E-state index in [0.29, 0.717) is 13.0 Å². The molecule has 0 aromatic carbocycles. The van der Waals surface area contributed by atoms with Crippen molar-refractivity contribution in [1.82, 2.24) is 0 Å². The first-order chi connectivity index (χ1) is 10.9. The van der Waals surface area contributed by atoms with E-state index >= 15 is 0 Å². The standard InChI is InChI=1S/C19H38O3Si/c1-6-8-9-10-11-12-13-14-18(21-7-2)19(16-15-17(19)20)22-23(3,4)5/h18H,6-16H2,1-5H3. The number of rotatable bonds is 13. The lowest BCUT2D eigenvalue weighted by molar-refractivity contribution is -0.170. The molecule has 2 atom stereocenters. The number of carbonyl (C=O) groups is 1. The number of hydrogen-bond acceptors (Lipinski definition) is 3. The van der Waals surface area contributed by atoms with Crippen molar-refractivity contribution in [3.63, 3.8) is 0 Å². The van der Waals surface area contributed by atoms with Crippen molar-refractivity contribution in [2.45, 2.75) is 109 Å². The summed E-state index contributed by atoms with van der Waals surface area (Å²) in [5.74, 6) is 0.265. The minimum Gasteiger partial charge on any atom is -0.403 e. The van der Waals surface area contributed by atoms with E-state index in [1.54, 1.807) is 0 Å². The predicted molar refractivity (Wildman–Crippen MR) is 99.4 cm³/mol. The summed E-state index contributed by atoms with van der Waals surface area (Å²) in [5.41, 5.74) is -0.622. The zero-order valence-electron chi connectivity index (χ0n) is 16.1. The molecule has 3 nitrogen and oxygen atoms in total. The Balaban J connectivity index is 2.49. The predicted octanol–water partition coefficient (Wildman–Crippen LogP) is 5.49. The van der Waals surface area contributed by atoms with Crippen LogP contribution >= 0.6 is 0 Å². The Bertz CT molecular complexity index is 351. The van der Waals surface area contributed by atoms with Crippen LogP contribution in [-0.2, 0) is 14.0 Å². The molecule has 0 aliphatic heterocycles. The topological polar surface area (TPSA) is 35.5 Å². The molecule has 0 saturated heterocycles. The van der Waals surface area contributed by atoms with E-state index in [4.69, 9.17) is 9.16 Å². The highest BCUT2D eigenvalue weighted by Crippen LogP contribution is 2.41. The van der Waals surface area contributed by atoms with Gasteiger partial charge >= 0.3 is 0 Å². The summed E-state index contributed by atoms with van der Waals surface area (Å²) in [6.07, 6.45) is 11.4. The van der Waals surface area contributed by atoms with Crippen LogP contribution < -0.4 is 0 Å². The van der Waals surface area contributed by atoms with Crippen LogP contribution in [0.5, 0.6) is 0 Å². The normalized spacial score (nSPS) is 22.9. The largest absolute Gasteiger partial charge is 0.403 e. The Morgan fingerprint density at radius 1 is 1.04 bits per heavy atom. The Labute approximate surface area is 144 Å². The van der Waals surface area contributed by atoms with Crippen LogP contribution in [0.3, 0.4) is 0 Å². The first-order valence-corrected chi connectivity index (χ1v) is 13.1. The monoisotopic (exact) mass is 342 g/mol. The number of Topliss-reactive ketones (excluding diaryl/α,β-unsaturated/α-hetero) is 1. The molecule has 2 unspecified atom stereocenters. The van der Waals surface area contributed by atoms with Crippen LogP contribution in [0.1, 0.15) is 78.1 Å². The van der Waals surface area contributed by atoms with Gasteiger partial charge < -0.3 is 9.16 Å². The van der Waals surface area contributed by atoms with Crippen molar-refractivity contribution in [3.8, 4) is 0 Å². The van der Waals surface area contributed by atoms with Gasteiger partial charge in [-0.2, -0.15) is 0 Å². The summed E-state index contributed by atoms with van der Waals surface area (Å²) in [6, 6.07) is 0. The maximum Gasteiger partial charge on any atom is 0.185 e. The lowest BCUT2D eigenvalue weighted by Crippen LogP contribution is -2.63. The summed E-state index contributed by atoms with van der Waals surface area (Å²) < 4.78 is 12.3. The molecule has 1 aliphatic rings. The molecule has 0 spiro atoms. The Morgan fingerprint density at radius 2 is 1.65 bits per heavy atom. The van der Waals surface area contributed by atoms with Crippen molar-refractivity contribution < 1.29 is 14.0 Å². The van der Waals surface area contributed by atoms with Gasteiger partial charge in [-0.05, 0) is 39.4 Å². The van der Waals surface area contributed by atoms with E-state index in [0.717, 1.165) is 19.3 Å². The second kappa shape index (κ2) is 9.95. The van der Waals surface area contributed by atoms with Crippen LogP contribution in [0, 0.1) is 0 Å². The van der Waals surface area contributed by atoms with Crippen LogP contribution in [0.4, 0.5) is 0 Å². The minimum absolute atomic E-state index is 0.0453. The number of ketones is 1. The Hall–Kier alpha value is -0.193. The lowest BCUT2D eigenvalue weighted by atomic mass is 9.73. The average Bonchev–Trinajstić information content (AvgIpc) is 2.48.